The molecule has 2 amide bonds. The van der Waals surface area contributed by atoms with Gasteiger partial charge in [-0.15, -0.1) is 0 Å². The first-order chi connectivity index (χ1) is 14.0. The van der Waals surface area contributed by atoms with E-state index in [1.807, 2.05) is 35.2 Å². The number of carbonyl (C=O) groups is 2. The highest BCUT2D eigenvalue weighted by molar-refractivity contribution is 6.30. The lowest BCUT2D eigenvalue weighted by Crippen LogP contribution is -2.34. The van der Waals surface area contributed by atoms with Crippen molar-refractivity contribution in [3.8, 4) is 11.3 Å². The maximum Gasteiger partial charge on any atom is 0.225 e. The molecule has 0 aliphatic carbocycles. The van der Waals surface area contributed by atoms with Crippen LogP contribution in [-0.2, 0) is 9.59 Å². The third kappa shape index (κ3) is 6.58. The standard InChI is InChI=1S/C21H28ClN5O2/c1-16(28)27-12-4-11-26(13-14-27)10-3-2-5-21(29)23-20-15-19(24-25-20)17-6-8-18(22)9-7-17/h6-9,15H,2-5,10-14H2,1H3,(H2,23,24,25,29). The Morgan fingerprint density at radius 2 is 1.93 bits per heavy atom. The summed E-state index contributed by atoms with van der Waals surface area (Å²) < 4.78 is 0. The van der Waals surface area contributed by atoms with Crippen molar-refractivity contribution in [2.45, 2.75) is 32.6 Å². The van der Waals surface area contributed by atoms with Crippen molar-refractivity contribution in [2.24, 2.45) is 0 Å². The van der Waals surface area contributed by atoms with Crippen LogP contribution < -0.4 is 5.32 Å². The van der Waals surface area contributed by atoms with Gasteiger partial charge in [-0.1, -0.05) is 23.7 Å². The predicted octanol–water partition coefficient (Wildman–Crippen LogP) is 3.39. The van der Waals surface area contributed by atoms with Crippen LogP contribution in [-0.4, -0.2) is 64.5 Å². The SMILES string of the molecule is CC(=O)N1CCCN(CCCCC(=O)Nc2cc(-c3ccc(Cl)cc3)n[nH]2)CC1. The second kappa shape index (κ2) is 10.4. The van der Waals surface area contributed by atoms with E-state index < -0.39 is 0 Å². The summed E-state index contributed by atoms with van der Waals surface area (Å²) in [5, 5.41) is 10.6. The zero-order valence-electron chi connectivity index (χ0n) is 16.8. The number of carbonyl (C=O) groups excluding carboxylic acids is 2. The van der Waals surface area contributed by atoms with Crippen molar-refractivity contribution < 1.29 is 9.59 Å². The van der Waals surface area contributed by atoms with E-state index in [9.17, 15) is 9.59 Å². The summed E-state index contributed by atoms with van der Waals surface area (Å²) in [6.07, 6.45) is 3.28. The van der Waals surface area contributed by atoms with Crippen molar-refractivity contribution in [1.82, 2.24) is 20.0 Å². The van der Waals surface area contributed by atoms with Gasteiger partial charge in [0.25, 0.3) is 0 Å². The molecule has 0 unspecified atom stereocenters. The number of amides is 2. The Morgan fingerprint density at radius 3 is 2.69 bits per heavy atom. The molecular weight excluding hydrogens is 390 g/mol. The van der Waals surface area contributed by atoms with Crippen LogP contribution in [0.5, 0.6) is 0 Å². The van der Waals surface area contributed by atoms with Crippen LogP contribution in [0.2, 0.25) is 5.02 Å². The molecule has 1 aromatic carbocycles. The number of halogens is 1. The number of nitrogens with one attached hydrogen (secondary N) is 2. The summed E-state index contributed by atoms with van der Waals surface area (Å²) in [5.41, 5.74) is 1.70. The fourth-order valence-electron chi connectivity index (χ4n) is 3.50. The first kappa shape index (κ1) is 21.3. The minimum atomic E-state index is -0.0186. The van der Waals surface area contributed by atoms with Gasteiger partial charge in [0.15, 0.2) is 0 Å². The highest BCUT2D eigenvalue weighted by atomic mass is 35.5. The van der Waals surface area contributed by atoms with Gasteiger partial charge in [0.1, 0.15) is 5.82 Å². The van der Waals surface area contributed by atoms with Gasteiger partial charge >= 0.3 is 0 Å². The van der Waals surface area contributed by atoms with Crippen molar-refractivity contribution in [3.05, 3.63) is 35.4 Å². The molecule has 8 heteroatoms. The number of hydrogen-bond acceptors (Lipinski definition) is 4. The predicted molar refractivity (Wildman–Crippen MR) is 115 cm³/mol. The lowest BCUT2D eigenvalue weighted by molar-refractivity contribution is -0.128. The molecule has 7 nitrogen and oxygen atoms in total. The second-order valence-corrected chi connectivity index (χ2v) is 7.82. The van der Waals surface area contributed by atoms with Crippen LogP contribution in [0.1, 0.15) is 32.6 Å². The summed E-state index contributed by atoms with van der Waals surface area (Å²) in [4.78, 5) is 28.0. The van der Waals surface area contributed by atoms with E-state index in [1.165, 1.54) is 0 Å². The van der Waals surface area contributed by atoms with Gasteiger partial charge < -0.3 is 15.1 Å². The van der Waals surface area contributed by atoms with Gasteiger partial charge in [0, 0.05) is 49.6 Å². The van der Waals surface area contributed by atoms with Gasteiger partial charge in [-0.25, -0.2) is 0 Å². The summed E-state index contributed by atoms with van der Waals surface area (Å²) in [5.74, 6) is 0.730. The monoisotopic (exact) mass is 417 g/mol. The van der Waals surface area contributed by atoms with Gasteiger partial charge in [0.05, 0.1) is 5.69 Å². The number of aromatic nitrogens is 2. The molecular formula is C21H28ClN5O2. The van der Waals surface area contributed by atoms with E-state index >= 15 is 0 Å². The van der Waals surface area contributed by atoms with Crippen molar-refractivity contribution in [3.63, 3.8) is 0 Å². The number of aromatic amines is 1. The Kier molecular flexibility index (Phi) is 7.66. The largest absolute Gasteiger partial charge is 0.342 e. The molecule has 1 aromatic heterocycles. The number of unbranched alkanes of at least 4 members (excludes halogenated alkanes) is 1. The molecule has 2 aromatic rings. The first-order valence-corrected chi connectivity index (χ1v) is 10.5. The summed E-state index contributed by atoms with van der Waals surface area (Å²) >= 11 is 5.91. The third-order valence-electron chi connectivity index (χ3n) is 5.15. The number of rotatable bonds is 7. The Hall–Kier alpha value is -2.38. The van der Waals surface area contributed by atoms with Crippen LogP contribution >= 0.6 is 11.6 Å². The average Bonchev–Trinajstić information content (AvgIpc) is 3.02. The normalized spacial score (nSPS) is 15.2. The fraction of sp³-hybridized carbons (Fsp3) is 0.476. The molecule has 0 radical (unpaired) electrons. The number of anilines is 1. The molecule has 2 N–H and O–H groups in total. The van der Waals surface area contributed by atoms with Gasteiger partial charge in [-0.3, -0.25) is 14.7 Å². The Balaban J connectivity index is 1.36. The molecule has 156 valence electrons. The van der Waals surface area contributed by atoms with Gasteiger partial charge in [0.2, 0.25) is 11.8 Å². The highest BCUT2D eigenvalue weighted by Crippen LogP contribution is 2.21. The summed E-state index contributed by atoms with van der Waals surface area (Å²) in [6.45, 7) is 6.16. The van der Waals surface area contributed by atoms with Crippen molar-refractivity contribution in [2.75, 3.05) is 38.0 Å². The van der Waals surface area contributed by atoms with Crippen LogP contribution in [0, 0.1) is 0 Å². The zero-order chi connectivity index (χ0) is 20.6. The zero-order valence-corrected chi connectivity index (χ0v) is 17.5. The first-order valence-electron chi connectivity index (χ1n) is 10.1. The Bertz CT molecular complexity index is 821. The summed E-state index contributed by atoms with van der Waals surface area (Å²) in [7, 11) is 0. The number of H-pyrrole nitrogens is 1. The maximum atomic E-state index is 12.2. The number of hydrogen-bond donors (Lipinski definition) is 2. The van der Waals surface area contributed by atoms with E-state index in [0.717, 1.165) is 63.2 Å². The maximum absolute atomic E-state index is 12.2. The quantitative estimate of drug-likeness (QED) is 0.676. The van der Waals surface area contributed by atoms with E-state index in [-0.39, 0.29) is 11.8 Å². The van der Waals surface area contributed by atoms with Crippen LogP contribution in [0.15, 0.2) is 30.3 Å². The molecule has 1 saturated heterocycles. The molecule has 0 spiro atoms. The minimum absolute atomic E-state index is 0.0186. The molecule has 0 saturated carbocycles. The van der Waals surface area contributed by atoms with Crippen molar-refractivity contribution in [1.29, 1.82) is 0 Å². The molecule has 3 rings (SSSR count). The Morgan fingerprint density at radius 1 is 1.14 bits per heavy atom. The molecule has 0 bridgehead atoms. The highest BCUT2D eigenvalue weighted by Gasteiger charge is 2.16. The molecule has 2 heterocycles. The topological polar surface area (TPSA) is 81.3 Å². The molecule has 1 aliphatic heterocycles. The molecule has 1 fully saturated rings. The van der Waals surface area contributed by atoms with E-state index in [0.29, 0.717) is 17.3 Å². The summed E-state index contributed by atoms with van der Waals surface area (Å²) in [6, 6.07) is 9.22. The number of nitrogens with zero attached hydrogens (tertiary/aromatic N) is 3. The van der Waals surface area contributed by atoms with Gasteiger partial charge in [-0.2, -0.15) is 5.10 Å². The lowest BCUT2D eigenvalue weighted by Gasteiger charge is -2.20. The fourth-order valence-corrected chi connectivity index (χ4v) is 3.62. The lowest BCUT2D eigenvalue weighted by atomic mass is 10.1. The third-order valence-corrected chi connectivity index (χ3v) is 5.41. The Labute approximate surface area is 176 Å². The molecule has 29 heavy (non-hydrogen) atoms. The van der Waals surface area contributed by atoms with E-state index in [1.54, 1.807) is 6.92 Å². The van der Waals surface area contributed by atoms with Crippen LogP contribution in [0.25, 0.3) is 11.3 Å². The molecule has 1 aliphatic rings. The number of benzene rings is 1. The van der Waals surface area contributed by atoms with Crippen LogP contribution in [0.3, 0.4) is 0 Å². The smallest absolute Gasteiger partial charge is 0.225 e. The van der Waals surface area contributed by atoms with Crippen molar-refractivity contribution >= 4 is 29.2 Å². The second-order valence-electron chi connectivity index (χ2n) is 7.38. The molecule has 0 atom stereocenters. The minimum Gasteiger partial charge on any atom is -0.342 e. The van der Waals surface area contributed by atoms with Crippen LogP contribution in [0.4, 0.5) is 5.82 Å². The van der Waals surface area contributed by atoms with E-state index in [2.05, 4.69) is 20.4 Å². The average molecular weight is 418 g/mol. The van der Waals surface area contributed by atoms with Gasteiger partial charge in [-0.05, 0) is 44.5 Å². The van der Waals surface area contributed by atoms with E-state index in [4.69, 9.17) is 11.6 Å².